The predicted octanol–water partition coefficient (Wildman–Crippen LogP) is 1.70. The van der Waals surface area contributed by atoms with Crippen molar-refractivity contribution >= 4 is 5.69 Å². The Labute approximate surface area is 80.8 Å². The van der Waals surface area contributed by atoms with E-state index >= 15 is 0 Å². The third kappa shape index (κ3) is 3.05. The van der Waals surface area contributed by atoms with Gasteiger partial charge in [0, 0.05) is 37.8 Å². The fourth-order valence-electron chi connectivity index (χ4n) is 1.29. The summed E-state index contributed by atoms with van der Waals surface area (Å²) in [5.41, 5.74) is 1.25. The average Bonchev–Trinajstić information content (AvgIpc) is 2.04. The molecule has 0 unspecified atom stereocenters. The van der Waals surface area contributed by atoms with E-state index in [1.165, 1.54) is 5.69 Å². The van der Waals surface area contributed by atoms with Gasteiger partial charge in [0.15, 0.2) is 18.9 Å². The van der Waals surface area contributed by atoms with Crippen molar-refractivity contribution in [3.63, 3.8) is 0 Å². The van der Waals surface area contributed by atoms with E-state index in [0.717, 1.165) is 6.54 Å². The summed E-state index contributed by atoms with van der Waals surface area (Å²) in [6.45, 7) is 5.55. The Kier molecular flexibility index (Phi) is 3.29. The van der Waals surface area contributed by atoms with Crippen molar-refractivity contribution in [3.8, 4) is 0 Å². The van der Waals surface area contributed by atoms with E-state index in [4.69, 9.17) is 0 Å². The second-order valence-corrected chi connectivity index (χ2v) is 4.04. The smallest absolute Gasteiger partial charge is 0.170 e. The van der Waals surface area contributed by atoms with Crippen LogP contribution in [0.1, 0.15) is 13.8 Å². The summed E-state index contributed by atoms with van der Waals surface area (Å²) in [5, 5.41) is 0. The van der Waals surface area contributed by atoms with Gasteiger partial charge in [0.1, 0.15) is 0 Å². The molecule has 13 heavy (non-hydrogen) atoms. The molecule has 0 spiro atoms. The second-order valence-electron chi connectivity index (χ2n) is 4.04. The lowest BCUT2D eigenvalue weighted by Crippen LogP contribution is -2.35. The minimum atomic E-state index is 0.704. The lowest BCUT2D eigenvalue weighted by atomic mass is 10.2. The molecule has 0 aliphatic heterocycles. The lowest BCUT2D eigenvalue weighted by Gasteiger charge is -2.10. The van der Waals surface area contributed by atoms with Crippen LogP contribution in [0.15, 0.2) is 24.5 Å². The summed E-state index contributed by atoms with van der Waals surface area (Å²) < 4.78 is 2.22. The molecule has 0 amide bonds. The first-order valence-corrected chi connectivity index (χ1v) is 4.76. The number of rotatable bonds is 3. The Morgan fingerprint density at radius 3 is 2.15 bits per heavy atom. The maximum atomic E-state index is 2.23. The lowest BCUT2D eigenvalue weighted by molar-refractivity contribution is -0.702. The first-order chi connectivity index (χ1) is 6.09. The first kappa shape index (κ1) is 10.0. The summed E-state index contributed by atoms with van der Waals surface area (Å²) in [6, 6.07) is 4.28. The van der Waals surface area contributed by atoms with Crippen molar-refractivity contribution in [3.05, 3.63) is 24.5 Å². The predicted molar refractivity (Wildman–Crippen MR) is 55.8 cm³/mol. The molecular formula is C11H19N2+. The molecule has 0 atom stereocenters. The molecule has 0 aliphatic rings. The van der Waals surface area contributed by atoms with Crippen molar-refractivity contribution in [1.29, 1.82) is 0 Å². The Hall–Kier alpha value is -1.05. The quantitative estimate of drug-likeness (QED) is 0.641. The summed E-state index contributed by atoms with van der Waals surface area (Å²) in [6.07, 6.45) is 4.27. The van der Waals surface area contributed by atoms with Gasteiger partial charge in [-0.3, -0.25) is 0 Å². The molecule has 72 valence electrons. The SMILES string of the molecule is CC(C)C[n+]1ccc(N(C)C)cc1. The molecule has 2 nitrogen and oxygen atoms in total. The molecule has 0 aliphatic carbocycles. The van der Waals surface area contributed by atoms with Crippen LogP contribution in [0.4, 0.5) is 5.69 Å². The number of hydrogen-bond acceptors (Lipinski definition) is 1. The molecule has 1 aromatic rings. The molecule has 0 bridgehead atoms. The number of hydrogen-bond donors (Lipinski definition) is 0. The maximum Gasteiger partial charge on any atom is 0.170 e. The minimum Gasteiger partial charge on any atom is -0.377 e. The zero-order chi connectivity index (χ0) is 9.84. The Balaban J connectivity index is 2.70. The van der Waals surface area contributed by atoms with Crippen molar-refractivity contribution in [2.24, 2.45) is 5.92 Å². The highest BCUT2D eigenvalue weighted by Gasteiger charge is 2.03. The number of anilines is 1. The fourth-order valence-corrected chi connectivity index (χ4v) is 1.29. The number of nitrogens with zero attached hydrogens (tertiary/aromatic N) is 2. The second kappa shape index (κ2) is 4.26. The highest BCUT2D eigenvalue weighted by Crippen LogP contribution is 2.06. The third-order valence-corrected chi connectivity index (χ3v) is 1.97. The zero-order valence-corrected chi connectivity index (χ0v) is 8.99. The van der Waals surface area contributed by atoms with Crippen LogP contribution in [0.5, 0.6) is 0 Å². The van der Waals surface area contributed by atoms with Crippen molar-refractivity contribution in [2.75, 3.05) is 19.0 Å². The van der Waals surface area contributed by atoms with E-state index in [0.29, 0.717) is 5.92 Å². The van der Waals surface area contributed by atoms with Crippen molar-refractivity contribution in [2.45, 2.75) is 20.4 Å². The minimum absolute atomic E-state index is 0.704. The molecule has 2 heteroatoms. The van der Waals surface area contributed by atoms with Crippen LogP contribution in [-0.2, 0) is 6.54 Å². The van der Waals surface area contributed by atoms with Crippen molar-refractivity contribution < 1.29 is 4.57 Å². The normalized spacial score (nSPS) is 10.5. The Bertz CT molecular complexity index is 249. The number of pyridine rings is 1. The summed E-state index contributed by atoms with van der Waals surface area (Å²) in [7, 11) is 4.12. The van der Waals surface area contributed by atoms with Gasteiger partial charge in [-0.1, -0.05) is 13.8 Å². The van der Waals surface area contributed by atoms with E-state index in [2.05, 4.69) is 61.9 Å². The summed E-state index contributed by atoms with van der Waals surface area (Å²) in [4.78, 5) is 2.11. The molecular weight excluding hydrogens is 160 g/mol. The van der Waals surface area contributed by atoms with Crippen LogP contribution in [0.3, 0.4) is 0 Å². The molecule has 1 aromatic heterocycles. The maximum absolute atomic E-state index is 2.23. The average molecular weight is 179 g/mol. The Morgan fingerprint density at radius 1 is 1.23 bits per heavy atom. The monoisotopic (exact) mass is 179 g/mol. The third-order valence-electron chi connectivity index (χ3n) is 1.97. The highest BCUT2D eigenvalue weighted by molar-refractivity contribution is 5.41. The van der Waals surface area contributed by atoms with Crippen LogP contribution in [0, 0.1) is 5.92 Å². The molecule has 1 rings (SSSR count). The summed E-state index contributed by atoms with van der Waals surface area (Å²) in [5.74, 6) is 0.704. The van der Waals surface area contributed by atoms with Crippen molar-refractivity contribution in [1.82, 2.24) is 0 Å². The van der Waals surface area contributed by atoms with Gasteiger partial charge < -0.3 is 4.90 Å². The van der Waals surface area contributed by atoms with Gasteiger partial charge >= 0.3 is 0 Å². The Morgan fingerprint density at radius 2 is 1.77 bits per heavy atom. The van der Waals surface area contributed by atoms with E-state index in [9.17, 15) is 0 Å². The van der Waals surface area contributed by atoms with Gasteiger partial charge in [-0.25, -0.2) is 4.57 Å². The highest BCUT2D eigenvalue weighted by atomic mass is 15.1. The zero-order valence-electron chi connectivity index (χ0n) is 8.99. The number of aromatic nitrogens is 1. The van der Waals surface area contributed by atoms with Gasteiger partial charge in [0.05, 0.1) is 0 Å². The van der Waals surface area contributed by atoms with Crippen LogP contribution in [0.25, 0.3) is 0 Å². The van der Waals surface area contributed by atoms with Crippen LogP contribution < -0.4 is 9.47 Å². The van der Waals surface area contributed by atoms with Crippen LogP contribution >= 0.6 is 0 Å². The van der Waals surface area contributed by atoms with Gasteiger partial charge in [0.25, 0.3) is 0 Å². The first-order valence-electron chi connectivity index (χ1n) is 4.76. The molecule has 0 saturated carbocycles. The molecule has 0 fully saturated rings. The van der Waals surface area contributed by atoms with Gasteiger partial charge in [0.2, 0.25) is 0 Å². The largest absolute Gasteiger partial charge is 0.377 e. The van der Waals surface area contributed by atoms with Crippen LogP contribution in [-0.4, -0.2) is 14.1 Å². The topological polar surface area (TPSA) is 7.12 Å². The van der Waals surface area contributed by atoms with Gasteiger partial charge in [-0.15, -0.1) is 0 Å². The molecule has 1 heterocycles. The van der Waals surface area contributed by atoms with Crippen LogP contribution in [0.2, 0.25) is 0 Å². The fraction of sp³-hybridized carbons (Fsp3) is 0.545. The molecule has 0 saturated heterocycles. The molecule has 0 N–H and O–H groups in total. The standard InChI is InChI=1S/C11H19N2/c1-10(2)9-13-7-5-11(6-8-13)12(3)4/h5-8,10H,9H2,1-4H3/q+1. The molecule has 0 radical (unpaired) electrons. The molecule has 0 aromatic carbocycles. The van der Waals surface area contributed by atoms with Gasteiger partial charge in [-0.05, 0) is 0 Å². The van der Waals surface area contributed by atoms with Gasteiger partial charge in [-0.2, -0.15) is 0 Å². The summed E-state index contributed by atoms with van der Waals surface area (Å²) >= 11 is 0. The van der Waals surface area contributed by atoms with E-state index in [1.54, 1.807) is 0 Å². The van der Waals surface area contributed by atoms with E-state index in [1.807, 2.05) is 0 Å². The van der Waals surface area contributed by atoms with E-state index in [-0.39, 0.29) is 0 Å². The van der Waals surface area contributed by atoms with E-state index < -0.39 is 0 Å².